The van der Waals surface area contributed by atoms with E-state index >= 15 is 0 Å². The van der Waals surface area contributed by atoms with Crippen molar-refractivity contribution in [2.75, 3.05) is 43.9 Å². The van der Waals surface area contributed by atoms with Gasteiger partial charge in [-0.2, -0.15) is 0 Å². The minimum atomic E-state index is -1.06. The predicted molar refractivity (Wildman–Crippen MR) is 194 cm³/mol. The van der Waals surface area contributed by atoms with Crippen LogP contribution in [0.1, 0.15) is 75.2 Å². The van der Waals surface area contributed by atoms with Gasteiger partial charge in [0, 0.05) is 33.7 Å². The van der Waals surface area contributed by atoms with Gasteiger partial charge < -0.3 is 36.4 Å². The number of nitrogens with one attached hydrogen (secondary N) is 5. The van der Waals surface area contributed by atoms with Crippen LogP contribution in [-0.2, 0) is 19.2 Å². The number of rotatable bonds is 15. The number of carbonyl (C=O) groups is 5. The van der Waals surface area contributed by atoms with E-state index in [1.165, 1.54) is 11.0 Å². The summed E-state index contributed by atoms with van der Waals surface area (Å²) in [5.41, 5.74) is -2.18. The lowest BCUT2D eigenvalue weighted by atomic mass is 9.85. The lowest BCUT2D eigenvalue weighted by Gasteiger charge is -2.38. The van der Waals surface area contributed by atoms with Crippen molar-refractivity contribution >= 4 is 40.9 Å². The Balaban J connectivity index is 1.81. The normalized spacial score (nSPS) is 21.3. The van der Waals surface area contributed by atoms with E-state index < -0.39 is 75.4 Å². The fourth-order valence-corrected chi connectivity index (χ4v) is 6.93. The van der Waals surface area contributed by atoms with Crippen LogP contribution in [0.5, 0.6) is 0 Å². The van der Waals surface area contributed by atoms with Crippen LogP contribution in [0.2, 0.25) is 0 Å². The van der Waals surface area contributed by atoms with E-state index in [-0.39, 0.29) is 48.1 Å². The largest absolute Gasteiger partial charge is 0.378 e. The maximum atomic E-state index is 14.4. The number of Topliss-reactive ketones (excluding diaryl/α,β-unsaturated/α-hetero) is 1. The van der Waals surface area contributed by atoms with Gasteiger partial charge in [-0.15, -0.1) is 6.58 Å². The molecule has 0 aromatic heterocycles. The predicted octanol–water partition coefficient (Wildman–Crippen LogP) is 1.53. The fraction of sp³-hybridized carbons (Fsp3) is 0.694. The van der Waals surface area contributed by atoms with Gasteiger partial charge in [0.25, 0.3) is 16.8 Å². The summed E-state index contributed by atoms with van der Waals surface area (Å²) in [5, 5.41) is 14.1. The maximum Gasteiger partial charge on any atom is 0.315 e. The Morgan fingerprint density at radius 3 is 2.12 bits per heavy atom. The molecule has 1 unspecified atom stereocenters. The third kappa shape index (κ3) is 8.38. The van der Waals surface area contributed by atoms with E-state index in [1.807, 2.05) is 62.3 Å². The average Bonchev–Trinajstić information content (AvgIpc) is 3.32. The van der Waals surface area contributed by atoms with E-state index in [9.17, 15) is 33.6 Å². The van der Waals surface area contributed by atoms with Crippen LogP contribution in [0, 0.1) is 28.1 Å². The van der Waals surface area contributed by atoms with Crippen LogP contribution in [0.15, 0.2) is 22.2 Å². The van der Waals surface area contributed by atoms with Crippen LogP contribution in [-0.4, -0.2) is 92.3 Å². The van der Waals surface area contributed by atoms with Crippen molar-refractivity contribution in [2.45, 2.75) is 99.3 Å². The zero-order valence-corrected chi connectivity index (χ0v) is 31.5. The van der Waals surface area contributed by atoms with Gasteiger partial charge in [-0.3, -0.25) is 28.8 Å². The number of likely N-dealkylation sites (tertiary alicyclic amines) is 1. The van der Waals surface area contributed by atoms with Crippen molar-refractivity contribution in [1.82, 2.24) is 26.2 Å². The molecule has 0 radical (unpaired) electrons. The molecule has 278 valence electrons. The van der Waals surface area contributed by atoms with Crippen molar-refractivity contribution in [2.24, 2.45) is 28.1 Å². The highest BCUT2D eigenvalue weighted by Crippen LogP contribution is 2.65. The molecule has 1 saturated carbocycles. The average molecular weight is 700 g/mol. The summed E-state index contributed by atoms with van der Waals surface area (Å²) in [5.74, 6) is -2.63. The van der Waals surface area contributed by atoms with Gasteiger partial charge in [0.15, 0.2) is 0 Å². The molecule has 14 nitrogen and oxygen atoms in total. The van der Waals surface area contributed by atoms with Crippen LogP contribution in [0.3, 0.4) is 0 Å². The molecule has 0 bridgehead atoms. The highest BCUT2D eigenvalue weighted by atomic mass is 16.2. The lowest BCUT2D eigenvalue weighted by Crippen LogP contribution is -2.62. The van der Waals surface area contributed by atoms with E-state index in [1.54, 1.807) is 19.0 Å². The smallest absolute Gasteiger partial charge is 0.315 e. The number of hydrogen-bond acceptors (Lipinski definition) is 9. The summed E-state index contributed by atoms with van der Waals surface area (Å²) in [4.78, 5) is 94.8. The molecule has 5 amide bonds. The second-order valence-corrected chi connectivity index (χ2v) is 16.6. The third-order valence-electron chi connectivity index (χ3n) is 10.2. The first-order chi connectivity index (χ1) is 23.0. The standard InChI is InChI=1S/C36H57N7O7/c1-13-15-20(26(44)31(48)37-16-14-2)39-30(47)24-22-19(36(22,9)10)18-43(24)32(49)29(35(6,7)8)41-33(50)40-21(34(3,4)5)17-38-23-25(42(11)12)28(46)27(23)45/h14,19-22,24,29,38H,2,13,15-18H2,1,3-12H3,(H,37,48)(H,39,47)(H2,40,41,50)/t19-,20?,21+,22-,24-,29+/m0/s1. The first-order valence-electron chi connectivity index (χ1n) is 17.4. The summed E-state index contributed by atoms with van der Waals surface area (Å²) < 4.78 is 0. The molecule has 1 aliphatic heterocycles. The number of anilines is 2. The number of amides is 5. The Morgan fingerprint density at radius 1 is 0.980 bits per heavy atom. The van der Waals surface area contributed by atoms with Crippen LogP contribution in [0.4, 0.5) is 16.2 Å². The highest BCUT2D eigenvalue weighted by Gasteiger charge is 2.70. The summed E-state index contributed by atoms with van der Waals surface area (Å²) in [6.45, 7) is 21.2. The Labute approximate surface area is 295 Å². The topological polar surface area (TPSA) is 186 Å². The number of hydrogen-bond donors (Lipinski definition) is 5. The number of nitrogens with zero attached hydrogens (tertiary/aromatic N) is 2. The molecule has 3 rings (SSSR count). The van der Waals surface area contributed by atoms with E-state index in [0.717, 1.165) is 0 Å². The van der Waals surface area contributed by atoms with E-state index in [2.05, 4.69) is 33.2 Å². The van der Waals surface area contributed by atoms with Crippen molar-refractivity contribution in [3.63, 3.8) is 0 Å². The molecule has 2 fully saturated rings. The highest BCUT2D eigenvalue weighted by molar-refractivity contribution is 6.38. The molecule has 1 aromatic rings. The molecule has 1 saturated heterocycles. The first-order valence-corrected chi connectivity index (χ1v) is 17.4. The summed E-state index contributed by atoms with van der Waals surface area (Å²) in [6, 6.07) is -4.11. The monoisotopic (exact) mass is 699 g/mol. The third-order valence-corrected chi connectivity index (χ3v) is 10.2. The molecule has 50 heavy (non-hydrogen) atoms. The van der Waals surface area contributed by atoms with Gasteiger partial charge >= 0.3 is 6.03 Å². The second kappa shape index (κ2) is 14.9. The minimum absolute atomic E-state index is 0.0478. The van der Waals surface area contributed by atoms with Gasteiger partial charge in [0.2, 0.25) is 17.6 Å². The lowest BCUT2D eigenvalue weighted by molar-refractivity contribution is -0.145. The van der Waals surface area contributed by atoms with E-state index in [0.29, 0.717) is 13.0 Å². The molecular formula is C36H57N7O7. The molecule has 14 heteroatoms. The molecule has 1 aromatic carbocycles. The van der Waals surface area contributed by atoms with Gasteiger partial charge in [-0.25, -0.2) is 4.79 Å². The molecular weight excluding hydrogens is 642 g/mol. The van der Waals surface area contributed by atoms with Crippen LogP contribution < -0.4 is 42.3 Å². The SMILES string of the molecule is C=CCNC(=O)C(=O)C(CCC)NC(=O)[C@@H]1[C@@H]2[C@H](CN1C(=O)[C@@H](NC(=O)N[C@H](CNc1c(N(C)C)c(=O)c1=O)C(C)(C)C)C(C)(C)C)C2(C)C. The van der Waals surface area contributed by atoms with Crippen LogP contribution in [0.25, 0.3) is 0 Å². The Morgan fingerprint density at radius 2 is 1.60 bits per heavy atom. The summed E-state index contributed by atoms with van der Waals surface area (Å²) >= 11 is 0. The Kier molecular flexibility index (Phi) is 12.0. The van der Waals surface area contributed by atoms with Gasteiger partial charge in [0.1, 0.15) is 23.5 Å². The number of carbonyl (C=O) groups excluding carboxylic acids is 5. The number of piperidine rings is 1. The number of urea groups is 1. The molecule has 5 N–H and O–H groups in total. The Hall–Kier alpha value is -4.23. The second-order valence-electron chi connectivity index (χ2n) is 16.6. The summed E-state index contributed by atoms with van der Waals surface area (Å²) in [7, 11) is 3.34. The fourth-order valence-electron chi connectivity index (χ4n) is 6.93. The van der Waals surface area contributed by atoms with Gasteiger partial charge in [-0.1, -0.05) is 74.8 Å². The zero-order valence-electron chi connectivity index (χ0n) is 31.5. The van der Waals surface area contributed by atoms with Crippen molar-refractivity contribution in [3.8, 4) is 0 Å². The molecule has 0 spiro atoms. The van der Waals surface area contributed by atoms with Gasteiger partial charge in [0.05, 0.1) is 12.1 Å². The van der Waals surface area contributed by atoms with E-state index in [4.69, 9.17) is 0 Å². The first kappa shape index (κ1) is 40.2. The van der Waals surface area contributed by atoms with Crippen molar-refractivity contribution in [3.05, 3.63) is 33.1 Å². The zero-order chi connectivity index (χ0) is 38.1. The number of ketones is 1. The molecule has 1 aliphatic carbocycles. The van der Waals surface area contributed by atoms with Crippen molar-refractivity contribution < 1.29 is 24.0 Å². The Bertz CT molecular complexity index is 1560. The van der Waals surface area contributed by atoms with Crippen LogP contribution >= 0.6 is 0 Å². The minimum Gasteiger partial charge on any atom is -0.378 e. The summed E-state index contributed by atoms with van der Waals surface area (Å²) in [6.07, 6.45) is 2.24. The van der Waals surface area contributed by atoms with Gasteiger partial charge in [-0.05, 0) is 34.5 Å². The molecule has 6 atom stereocenters. The van der Waals surface area contributed by atoms with Crippen molar-refractivity contribution in [1.29, 1.82) is 0 Å². The number of fused-ring (bicyclic) bond motifs is 1. The maximum absolute atomic E-state index is 14.4. The quantitative estimate of drug-likeness (QED) is 0.134. The molecule has 2 aliphatic rings. The molecule has 1 heterocycles.